The van der Waals surface area contributed by atoms with Crippen molar-refractivity contribution < 1.29 is 26.7 Å². The first-order valence-corrected chi connectivity index (χ1v) is 11.4. The summed E-state index contributed by atoms with van der Waals surface area (Å²) in [6, 6.07) is 3.92. The minimum Gasteiger partial charge on any atom is -0.282 e. The molecule has 1 amide bonds. The lowest BCUT2D eigenvalue weighted by Gasteiger charge is -2.18. The number of carbonyl (C=O) groups is 1. The van der Waals surface area contributed by atoms with Gasteiger partial charge >= 0.3 is 12.1 Å². The third-order valence-electron chi connectivity index (χ3n) is 5.99. The number of carbonyl (C=O) groups excluding carboxylic acids is 1. The number of amides is 1. The SMILES string of the molecule is C[C@@H]1N=C(c2c(F)cccc2F)c2c(ccc(C(F)(F)F)c2Cl)-n2nc(C(=O)NN3CCCC3)nc21. The van der Waals surface area contributed by atoms with Crippen molar-refractivity contribution in [2.45, 2.75) is 32.0 Å². The molecule has 36 heavy (non-hydrogen) atoms. The highest BCUT2D eigenvalue weighted by Gasteiger charge is 2.38. The second-order valence-electron chi connectivity index (χ2n) is 8.41. The first-order valence-electron chi connectivity index (χ1n) is 11.0. The van der Waals surface area contributed by atoms with Crippen molar-refractivity contribution in [1.82, 2.24) is 25.2 Å². The number of nitrogens with one attached hydrogen (secondary N) is 1. The molecular weight excluding hydrogens is 507 g/mol. The van der Waals surface area contributed by atoms with Gasteiger partial charge in [0.15, 0.2) is 5.82 Å². The summed E-state index contributed by atoms with van der Waals surface area (Å²) in [4.78, 5) is 21.3. The largest absolute Gasteiger partial charge is 0.417 e. The van der Waals surface area contributed by atoms with Crippen LogP contribution < -0.4 is 5.43 Å². The molecule has 2 aliphatic heterocycles. The molecule has 5 rings (SSSR count). The molecule has 0 spiro atoms. The molecule has 0 aliphatic carbocycles. The Bertz CT molecular complexity index is 1380. The lowest BCUT2D eigenvalue weighted by atomic mass is 9.97. The van der Waals surface area contributed by atoms with Crippen LogP contribution >= 0.6 is 11.6 Å². The second-order valence-corrected chi connectivity index (χ2v) is 8.79. The molecule has 0 saturated carbocycles. The molecule has 188 valence electrons. The maximum absolute atomic E-state index is 14.8. The number of aromatic nitrogens is 3. The van der Waals surface area contributed by atoms with Crippen molar-refractivity contribution in [3.8, 4) is 5.69 Å². The molecule has 1 atom stereocenters. The predicted molar refractivity (Wildman–Crippen MR) is 120 cm³/mol. The number of benzene rings is 2. The van der Waals surface area contributed by atoms with Gasteiger partial charge in [0.05, 0.1) is 27.5 Å². The number of halogens is 6. The average Bonchev–Trinajstić information content (AvgIpc) is 3.45. The maximum Gasteiger partial charge on any atom is 0.417 e. The maximum atomic E-state index is 14.8. The summed E-state index contributed by atoms with van der Waals surface area (Å²) in [5.41, 5.74) is -0.000733. The van der Waals surface area contributed by atoms with E-state index in [0.29, 0.717) is 13.1 Å². The normalized spacial score (nSPS) is 17.9. The number of hydrogen-bond acceptors (Lipinski definition) is 5. The number of aliphatic imine (C=N–C) groups is 1. The van der Waals surface area contributed by atoms with E-state index in [1.807, 2.05) is 0 Å². The highest BCUT2D eigenvalue weighted by atomic mass is 35.5. The van der Waals surface area contributed by atoms with E-state index in [1.54, 1.807) is 5.01 Å². The van der Waals surface area contributed by atoms with E-state index in [0.717, 1.165) is 47.9 Å². The van der Waals surface area contributed by atoms with Gasteiger partial charge in [-0.3, -0.25) is 15.2 Å². The lowest BCUT2D eigenvalue weighted by Crippen LogP contribution is -2.40. The first kappa shape index (κ1) is 24.3. The third kappa shape index (κ3) is 4.13. The van der Waals surface area contributed by atoms with Crippen molar-refractivity contribution in [1.29, 1.82) is 0 Å². The zero-order valence-corrected chi connectivity index (χ0v) is 19.5. The minimum atomic E-state index is -4.85. The number of hydrogen-bond donors (Lipinski definition) is 1. The van der Waals surface area contributed by atoms with Gasteiger partial charge in [0.25, 0.3) is 0 Å². The summed E-state index contributed by atoms with van der Waals surface area (Å²) in [5.74, 6) is -2.81. The molecule has 13 heteroatoms. The summed E-state index contributed by atoms with van der Waals surface area (Å²) in [7, 11) is 0. The lowest BCUT2D eigenvalue weighted by molar-refractivity contribution is -0.137. The van der Waals surface area contributed by atoms with E-state index in [-0.39, 0.29) is 22.9 Å². The molecule has 3 heterocycles. The Morgan fingerprint density at radius 2 is 1.75 bits per heavy atom. The van der Waals surface area contributed by atoms with Crippen LogP contribution in [-0.4, -0.2) is 44.5 Å². The number of alkyl halides is 3. The molecule has 1 aromatic heterocycles. The number of hydrazine groups is 1. The number of fused-ring (bicyclic) bond motifs is 3. The van der Waals surface area contributed by atoms with Gasteiger partial charge in [-0.15, -0.1) is 5.10 Å². The molecule has 1 fully saturated rings. The van der Waals surface area contributed by atoms with Gasteiger partial charge in [-0.05, 0) is 44.0 Å². The van der Waals surface area contributed by atoms with Crippen LogP contribution in [0.4, 0.5) is 22.0 Å². The van der Waals surface area contributed by atoms with Crippen molar-refractivity contribution in [2.24, 2.45) is 4.99 Å². The van der Waals surface area contributed by atoms with Gasteiger partial charge in [0.2, 0.25) is 5.82 Å². The molecule has 0 unspecified atom stereocenters. The smallest absolute Gasteiger partial charge is 0.282 e. The van der Waals surface area contributed by atoms with Crippen molar-refractivity contribution in [3.63, 3.8) is 0 Å². The molecule has 0 radical (unpaired) electrons. The Hall–Kier alpha value is -3.38. The fourth-order valence-electron chi connectivity index (χ4n) is 4.31. The van der Waals surface area contributed by atoms with Crippen LogP contribution in [0.2, 0.25) is 5.02 Å². The highest BCUT2D eigenvalue weighted by molar-refractivity contribution is 6.37. The summed E-state index contributed by atoms with van der Waals surface area (Å²) in [5, 5.41) is 5.13. The Morgan fingerprint density at radius 1 is 1.08 bits per heavy atom. The average molecular weight is 525 g/mol. The molecular formula is C23H18ClF5N6O. The zero-order chi connectivity index (χ0) is 25.8. The molecule has 2 aromatic carbocycles. The van der Waals surface area contributed by atoms with Gasteiger partial charge in [-0.2, -0.15) is 13.2 Å². The van der Waals surface area contributed by atoms with Crippen LogP contribution in [0.5, 0.6) is 0 Å². The van der Waals surface area contributed by atoms with E-state index >= 15 is 0 Å². The standard InChI is InChI=1S/C23H18ClF5N6O/c1-11-21-31-20(22(36)33-34-9-2-3-10-34)32-35(21)15-8-7-12(23(27,28)29)18(24)17(15)19(30-11)16-13(25)5-4-6-14(16)26/h4-8,11H,2-3,9-10H2,1H3,(H,33,36)/t11-/m0/s1. The van der Waals surface area contributed by atoms with Gasteiger partial charge < -0.3 is 0 Å². The first-order chi connectivity index (χ1) is 17.1. The molecule has 1 saturated heterocycles. The van der Waals surface area contributed by atoms with E-state index in [2.05, 4.69) is 20.5 Å². The zero-order valence-electron chi connectivity index (χ0n) is 18.7. The number of nitrogens with zero attached hydrogens (tertiary/aromatic N) is 5. The van der Waals surface area contributed by atoms with Gasteiger partial charge in [0.1, 0.15) is 17.7 Å². The molecule has 2 aliphatic rings. The van der Waals surface area contributed by atoms with Crippen molar-refractivity contribution in [3.05, 3.63) is 75.3 Å². The fourth-order valence-corrected chi connectivity index (χ4v) is 4.66. The molecule has 1 N–H and O–H groups in total. The van der Waals surface area contributed by atoms with Crippen molar-refractivity contribution >= 4 is 23.2 Å². The molecule has 7 nitrogen and oxygen atoms in total. The van der Waals surface area contributed by atoms with E-state index in [4.69, 9.17) is 11.6 Å². The van der Waals surface area contributed by atoms with Gasteiger partial charge in [0, 0.05) is 18.7 Å². The van der Waals surface area contributed by atoms with Crippen LogP contribution in [0.1, 0.15) is 58.9 Å². The Kier molecular flexibility index (Phi) is 6.03. The summed E-state index contributed by atoms with van der Waals surface area (Å²) < 4.78 is 71.9. The van der Waals surface area contributed by atoms with E-state index in [1.165, 1.54) is 6.92 Å². The predicted octanol–water partition coefficient (Wildman–Crippen LogP) is 4.87. The quantitative estimate of drug-likeness (QED) is 0.496. The van der Waals surface area contributed by atoms with Gasteiger partial charge in [-0.25, -0.2) is 23.5 Å². The monoisotopic (exact) mass is 524 g/mol. The third-order valence-corrected chi connectivity index (χ3v) is 6.38. The minimum absolute atomic E-state index is 0.0542. The number of rotatable bonds is 3. The van der Waals surface area contributed by atoms with Crippen LogP contribution in [0.3, 0.4) is 0 Å². The summed E-state index contributed by atoms with van der Waals surface area (Å²) in [6.45, 7) is 2.85. The molecule has 0 bridgehead atoms. The van der Waals surface area contributed by atoms with Crippen LogP contribution in [0.15, 0.2) is 35.3 Å². The Balaban J connectivity index is 1.72. The summed E-state index contributed by atoms with van der Waals surface area (Å²) in [6.07, 6.45) is -3.02. The van der Waals surface area contributed by atoms with Gasteiger partial charge in [-0.1, -0.05) is 17.7 Å². The summed E-state index contributed by atoms with van der Waals surface area (Å²) >= 11 is 6.24. The van der Waals surface area contributed by atoms with E-state index < -0.39 is 51.6 Å². The second kappa shape index (κ2) is 8.93. The Morgan fingerprint density at radius 3 is 2.39 bits per heavy atom. The van der Waals surface area contributed by atoms with Crippen LogP contribution in [0, 0.1) is 11.6 Å². The van der Waals surface area contributed by atoms with E-state index in [9.17, 15) is 26.7 Å². The molecule has 3 aromatic rings. The highest BCUT2D eigenvalue weighted by Crippen LogP contribution is 2.41. The van der Waals surface area contributed by atoms with Crippen LogP contribution in [-0.2, 0) is 6.18 Å². The van der Waals surface area contributed by atoms with Crippen molar-refractivity contribution in [2.75, 3.05) is 13.1 Å². The fraction of sp³-hybridized carbons (Fsp3) is 0.304. The topological polar surface area (TPSA) is 75.4 Å². The van der Waals surface area contributed by atoms with Crippen LogP contribution in [0.25, 0.3) is 5.69 Å². The Labute approximate surface area is 206 Å².